The molecule has 0 aromatic carbocycles. The fourth-order valence-electron chi connectivity index (χ4n) is 5.55. The van der Waals surface area contributed by atoms with E-state index in [9.17, 15) is 0 Å². The number of hydrogen-bond donors (Lipinski definition) is 0. The molecule has 2 bridgehead atoms. The average molecular weight is 230 g/mol. The third-order valence-corrected chi connectivity index (χ3v) is 6.05. The minimum absolute atomic E-state index is 0. The third-order valence-electron chi connectivity index (χ3n) is 6.05. The van der Waals surface area contributed by atoms with Crippen LogP contribution in [-0.2, 0) is 0 Å². The number of nitrogens with zero attached hydrogens (tertiary/aromatic N) is 1. The molecule has 3 aliphatic rings. The van der Waals surface area contributed by atoms with Crippen LogP contribution in [0.2, 0.25) is 0 Å². The van der Waals surface area contributed by atoms with Crippen molar-refractivity contribution in [1.29, 1.82) is 0 Å². The van der Waals surface area contributed by atoms with Crippen molar-refractivity contribution >= 4 is 12.4 Å². The summed E-state index contributed by atoms with van der Waals surface area (Å²) in [6.45, 7) is 2.59. The molecule has 0 heterocycles. The number of hydrogen-bond acceptors (Lipinski definition) is 1. The van der Waals surface area contributed by atoms with Gasteiger partial charge in [-0.25, -0.2) is 0 Å². The third kappa shape index (κ3) is 1.09. The molecule has 3 saturated carbocycles. The summed E-state index contributed by atoms with van der Waals surface area (Å²) >= 11 is 0. The van der Waals surface area contributed by atoms with Crippen LogP contribution in [-0.4, -0.2) is 24.5 Å². The predicted molar refractivity (Wildman–Crippen MR) is 66.5 cm³/mol. The molecule has 0 unspecified atom stereocenters. The highest BCUT2D eigenvalue weighted by Crippen LogP contribution is 2.69. The van der Waals surface area contributed by atoms with Crippen LogP contribution in [0.15, 0.2) is 0 Å². The molecule has 0 radical (unpaired) electrons. The lowest BCUT2D eigenvalue weighted by Gasteiger charge is -2.51. The topological polar surface area (TPSA) is 3.24 Å². The van der Waals surface area contributed by atoms with Crippen LogP contribution in [0.3, 0.4) is 0 Å². The Labute approximate surface area is 100 Å². The fourth-order valence-corrected chi connectivity index (χ4v) is 5.55. The monoisotopic (exact) mass is 229 g/mol. The second kappa shape index (κ2) is 3.37. The molecule has 0 saturated heterocycles. The Morgan fingerprint density at radius 2 is 1.73 bits per heavy atom. The SMILES string of the molecule is CN(C)[C@]12CCC[C@@]1(C)[C@@H]1CC[C@H]2C1.Cl. The van der Waals surface area contributed by atoms with Crippen molar-refractivity contribution in [3.05, 3.63) is 0 Å². The lowest BCUT2D eigenvalue weighted by atomic mass is 9.63. The zero-order chi connectivity index (χ0) is 9.97. The highest BCUT2D eigenvalue weighted by molar-refractivity contribution is 5.85. The number of rotatable bonds is 1. The molecule has 15 heavy (non-hydrogen) atoms. The Morgan fingerprint density at radius 1 is 1.07 bits per heavy atom. The standard InChI is InChI=1S/C13H23N.ClH/c1-12-7-4-8-13(12,14(2)3)11-6-5-10(12)9-11;/h10-11H,4-9H2,1-3H3;1H/t10-,11+,12+,13+;/m1./s1. The molecule has 0 amide bonds. The fraction of sp³-hybridized carbons (Fsp3) is 1.00. The molecule has 0 aromatic heterocycles. The smallest absolute Gasteiger partial charge is 0.0287 e. The van der Waals surface area contributed by atoms with Gasteiger partial charge in [0.15, 0.2) is 0 Å². The molecule has 2 heteroatoms. The van der Waals surface area contributed by atoms with Crippen LogP contribution in [0.5, 0.6) is 0 Å². The number of fused-ring (bicyclic) bond motifs is 5. The van der Waals surface area contributed by atoms with Crippen molar-refractivity contribution < 1.29 is 0 Å². The van der Waals surface area contributed by atoms with Crippen molar-refractivity contribution in [2.75, 3.05) is 14.1 Å². The summed E-state index contributed by atoms with van der Waals surface area (Å²) in [4.78, 5) is 2.59. The summed E-state index contributed by atoms with van der Waals surface area (Å²) in [6, 6.07) is 0. The van der Waals surface area contributed by atoms with Crippen molar-refractivity contribution in [3.63, 3.8) is 0 Å². The Kier molecular flexibility index (Phi) is 2.63. The van der Waals surface area contributed by atoms with E-state index in [1.807, 2.05) is 0 Å². The second-order valence-corrected chi connectivity index (χ2v) is 6.30. The van der Waals surface area contributed by atoms with Crippen LogP contribution in [0.4, 0.5) is 0 Å². The van der Waals surface area contributed by atoms with E-state index in [4.69, 9.17) is 0 Å². The molecular formula is C13H24ClN. The first-order valence-electron chi connectivity index (χ1n) is 6.29. The lowest BCUT2D eigenvalue weighted by Crippen LogP contribution is -2.56. The van der Waals surface area contributed by atoms with Crippen molar-refractivity contribution in [2.45, 2.75) is 51.0 Å². The van der Waals surface area contributed by atoms with E-state index >= 15 is 0 Å². The Bertz CT molecular complexity index is 265. The Balaban J connectivity index is 0.000000853. The number of halogens is 1. The van der Waals surface area contributed by atoms with Crippen molar-refractivity contribution in [3.8, 4) is 0 Å². The van der Waals surface area contributed by atoms with Gasteiger partial charge in [-0.3, -0.25) is 0 Å². The van der Waals surface area contributed by atoms with Gasteiger partial charge in [0, 0.05) is 5.54 Å². The van der Waals surface area contributed by atoms with Crippen LogP contribution < -0.4 is 0 Å². The summed E-state index contributed by atoms with van der Waals surface area (Å²) in [5.74, 6) is 2.08. The van der Waals surface area contributed by atoms with E-state index < -0.39 is 0 Å². The molecule has 0 aliphatic heterocycles. The molecule has 3 fully saturated rings. The van der Waals surface area contributed by atoms with Gasteiger partial charge in [-0.15, -0.1) is 12.4 Å². The maximum atomic E-state index is 2.59. The zero-order valence-electron chi connectivity index (χ0n) is 10.3. The minimum Gasteiger partial charge on any atom is -0.303 e. The van der Waals surface area contributed by atoms with Gasteiger partial charge in [0.25, 0.3) is 0 Å². The van der Waals surface area contributed by atoms with E-state index in [1.165, 1.54) is 38.5 Å². The normalized spacial score (nSPS) is 52.0. The summed E-state index contributed by atoms with van der Waals surface area (Å²) in [5, 5.41) is 0. The minimum atomic E-state index is 0. The zero-order valence-corrected chi connectivity index (χ0v) is 11.1. The molecular weight excluding hydrogens is 206 g/mol. The first-order chi connectivity index (χ1) is 6.61. The van der Waals surface area contributed by atoms with Crippen molar-refractivity contribution in [2.24, 2.45) is 17.3 Å². The van der Waals surface area contributed by atoms with Crippen LogP contribution >= 0.6 is 12.4 Å². The van der Waals surface area contributed by atoms with E-state index in [0.29, 0.717) is 11.0 Å². The molecule has 0 N–H and O–H groups in total. The summed E-state index contributed by atoms with van der Waals surface area (Å²) in [5.41, 5.74) is 1.26. The van der Waals surface area contributed by atoms with Gasteiger partial charge in [0.1, 0.15) is 0 Å². The molecule has 0 aromatic rings. The van der Waals surface area contributed by atoms with Crippen LogP contribution in [0.25, 0.3) is 0 Å². The van der Waals surface area contributed by atoms with E-state index in [2.05, 4.69) is 25.9 Å². The van der Waals surface area contributed by atoms with E-state index in [-0.39, 0.29) is 12.4 Å². The molecule has 1 nitrogen and oxygen atoms in total. The predicted octanol–water partition coefficient (Wildman–Crippen LogP) is 3.33. The summed E-state index contributed by atoms with van der Waals surface area (Å²) < 4.78 is 0. The first kappa shape index (κ1) is 11.7. The van der Waals surface area contributed by atoms with Crippen molar-refractivity contribution in [1.82, 2.24) is 4.90 Å². The maximum Gasteiger partial charge on any atom is 0.0287 e. The van der Waals surface area contributed by atoms with Crippen LogP contribution in [0.1, 0.15) is 45.4 Å². The van der Waals surface area contributed by atoms with Gasteiger partial charge in [0.05, 0.1) is 0 Å². The van der Waals surface area contributed by atoms with Gasteiger partial charge >= 0.3 is 0 Å². The first-order valence-corrected chi connectivity index (χ1v) is 6.29. The lowest BCUT2D eigenvalue weighted by molar-refractivity contribution is -0.0158. The quantitative estimate of drug-likeness (QED) is 0.667. The molecule has 3 aliphatic carbocycles. The average Bonchev–Trinajstić information content (AvgIpc) is 2.71. The maximum absolute atomic E-state index is 2.59. The van der Waals surface area contributed by atoms with Gasteiger partial charge in [-0.05, 0) is 63.5 Å². The Hall–Kier alpha value is 0.250. The molecule has 0 spiro atoms. The van der Waals surface area contributed by atoms with Gasteiger partial charge in [0.2, 0.25) is 0 Å². The molecule has 88 valence electrons. The van der Waals surface area contributed by atoms with Gasteiger partial charge < -0.3 is 4.90 Å². The second-order valence-electron chi connectivity index (χ2n) is 6.30. The highest BCUT2D eigenvalue weighted by Gasteiger charge is 2.67. The summed E-state index contributed by atoms with van der Waals surface area (Å²) in [7, 11) is 4.65. The van der Waals surface area contributed by atoms with Crippen LogP contribution in [0, 0.1) is 17.3 Å². The van der Waals surface area contributed by atoms with Gasteiger partial charge in [-0.2, -0.15) is 0 Å². The molecule has 4 atom stereocenters. The van der Waals surface area contributed by atoms with E-state index in [1.54, 1.807) is 0 Å². The highest BCUT2D eigenvalue weighted by atomic mass is 35.5. The van der Waals surface area contributed by atoms with Gasteiger partial charge in [-0.1, -0.05) is 13.3 Å². The Morgan fingerprint density at radius 3 is 2.33 bits per heavy atom. The summed E-state index contributed by atoms with van der Waals surface area (Å²) in [6.07, 6.45) is 9.01. The largest absolute Gasteiger partial charge is 0.303 e. The molecule has 3 rings (SSSR count). The van der Waals surface area contributed by atoms with E-state index in [0.717, 1.165) is 11.8 Å².